The molecule has 0 aliphatic carbocycles. The number of likely N-dealkylation sites (N-methyl/N-ethyl adjacent to an activating group) is 1. The van der Waals surface area contributed by atoms with Gasteiger partial charge in [0, 0.05) is 19.0 Å². The molecule has 0 bridgehead atoms. The summed E-state index contributed by atoms with van der Waals surface area (Å²) >= 11 is 0. The molecule has 0 saturated heterocycles. The molecule has 1 N–H and O–H groups in total. The van der Waals surface area contributed by atoms with Gasteiger partial charge in [0.15, 0.2) is 0 Å². The fourth-order valence-electron chi connectivity index (χ4n) is 1.67. The summed E-state index contributed by atoms with van der Waals surface area (Å²) in [6.07, 6.45) is 0.696. The van der Waals surface area contributed by atoms with Crippen molar-refractivity contribution in [2.45, 2.75) is 6.42 Å². The Bertz CT molecular complexity index is 540. The molecule has 0 fully saturated rings. The highest BCUT2D eigenvalue weighted by Crippen LogP contribution is 2.32. The second kappa shape index (κ2) is 6.19. The van der Waals surface area contributed by atoms with Crippen molar-refractivity contribution in [2.24, 2.45) is 0 Å². The molecule has 0 radical (unpaired) electrons. The molecule has 0 aliphatic rings. The topological polar surface area (TPSA) is 69.4 Å². The van der Waals surface area contributed by atoms with Gasteiger partial charge in [0.1, 0.15) is 11.5 Å². The first-order valence-electron chi connectivity index (χ1n) is 5.98. The lowest BCUT2D eigenvalue weighted by atomic mass is 10.2. The normalized spacial score (nSPS) is 10.5. The molecule has 1 heterocycles. The minimum absolute atomic E-state index is 0.450. The minimum Gasteiger partial charge on any atom is -0.497 e. The van der Waals surface area contributed by atoms with Crippen molar-refractivity contribution < 1.29 is 13.9 Å². The van der Waals surface area contributed by atoms with Gasteiger partial charge in [-0.25, -0.2) is 0 Å². The molecule has 0 amide bonds. The summed E-state index contributed by atoms with van der Waals surface area (Å²) in [6, 6.07) is 5.45. The molecule has 102 valence electrons. The lowest BCUT2D eigenvalue weighted by Gasteiger charge is -2.07. The van der Waals surface area contributed by atoms with E-state index >= 15 is 0 Å². The summed E-state index contributed by atoms with van der Waals surface area (Å²) in [4.78, 5) is 0. The van der Waals surface area contributed by atoms with Gasteiger partial charge in [-0.3, -0.25) is 0 Å². The summed E-state index contributed by atoms with van der Waals surface area (Å²) in [7, 11) is 5.08. The standard InChI is InChI=1S/C13H17N3O3/c1-14-7-6-12-15-16-13(19-12)10-5-4-9(17-2)8-11(10)18-3/h4-5,8,14H,6-7H2,1-3H3. The van der Waals surface area contributed by atoms with Crippen LogP contribution in [0.1, 0.15) is 5.89 Å². The molecular weight excluding hydrogens is 246 g/mol. The van der Waals surface area contributed by atoms with Gasteiger partial charge in [-0.15, -0.1) is 10.2 Å². The summed E-state index contributed by atoms with van der Waals surface area (Å²) in [5, 5.41) is 11.1. The van der Waals surface area contributed by atoms with Crippen LogP contribution < -0.4 is 14.8 Å². The van der Waals surface area contributed by atoms with Crippen LogP contribution in [-0.2, 0) is 6.42 Å². The summed E-state index contributed by atoms with van der Waals surface area (Å²) < 4.78 is 16.1. The van der Waals surface area contributed by atoms with Crippen LogP contribution in [0.2, 0.25) is 0 Å². The van der Waals surface area contributed by atoms with E-state index in [1.54, 1.807) is 20.3 Å². The third-order valence-corrected chi connectivity index (χ3v) is 2.69. The fourth-order valence-corrected chi connectivity index (χ4v) is 1.67. The molecule has 2 aromatic rings. The number of nitrogens with one attached hydrogen (secondary N) is 1. The Balaban J connectivity index is 2.27. The van der Waals surface area contributed by atoms with E-state index in [0.717, 1.165) is 17.9 Å². The number of aromatic nitrogens is 2. The number of hydrogen-bond acceptors (Lipinski definition) is 6. The largest absolute Gasteiger partial charge is 0.497 e. The third-order valence-electron chi connectivity index (χ3n) is 2.69. The van der Waals surface area contributed by atoms with Crippen molar-refractivity contribution in [2.75, 3.05) is 27.8 Å². The van der Waals surface area contributed by atoms with Gasteiger partial charge in [-0.05, 0) is 19.2 Å². The van der Waals surface area contributed by atoms with Crippen LogP contribution in [0.25, 0.3) is 11.5 Å². The van der Waals surface area contributed by atoms with E-state index in [2.05, 4.69) is 15.5 Å². The molecule has 6 heteroatoms. The zero-order valence-electron chi connectivity index (χ0n) is 11.3. The number of ether oxygens (including phenoxy) is 2. The molecular formula is C13H17N3O3. The van der Waals surface area contributed by atoms with Gasteiger partial charge in [-0.1, -0.05) is 0 Å². The van der Waals surface area contributed by atoms with Crippen LogP contribution in [0, 0.1) is 0 Å². The Morgan fingerprint density at radius 2 is 2.05 bits per heavy atom. The van der Waals surface area contributed by atoms with Crippen molar-refractivity contribution in [3.8, 4) is 23.0 Å². The van der Waals surface area contributed by atoms with E-state index in [9.17, 15) is 0 Å². The van der Waals surface area contributed by atoms with Crippen LogP contribution in [-0.4, -0.2) is 38.0 Å². The monoisotopic (exact) mass is 263 g/mol. The third kappa shape index (κ3) is 3.03. The summed E-state index contributed by atoms with van der Waals surface area (Å²) in [5.74, 6) is 2.41. The Labute approximate surface area is 111 Å². The average molecular weight is 263 g/mol. The molecule has 0 saturated carbocycles. The van der Waals surface area contributed by atoms with Gasteiger partial charge in [-0.2, -0.15) is 0 Å². The van der Waals surface area contributed by atoms with Gasteiger partial charge < -0.3 is 19.2 Å². The quantitative estimate of drug-likeness (QED) is 0.852. The van der Waals surface area contributed by atoms with Crippen molar-refractivity contribution in [1.82, 2.24) is 15.5 Å². The lowest BCUT2D eigenvalue weighted by Crippen LogP contribution is -2.10. The first kappa shape index (κ1) is 13.4. The molecule has 1 aromatic carbocycles. The molecule has 2 rings (SSSR count). The number of nitrogens with zero attached hydrogens (tertiary/aromatic N) is 2. The minimum atomic E-state index is 0.450. The van der Waals surface area contributed by atoms with Crippen LogP contribution in [0.3, 0.4) is 0 Å². The van der Waals surface area contributed by atoms with Crippen LogP contribution in [0.15, 0.2) is 22.6 Å². The Morgan fingerprint density at radius 1 is 1.21 bits per heavy atom. The van der Waals surface area contributed by atoms with E-state index in [1.165, 1.54) is 0 Å². The fraction of sp³-hybridized carbons (Fsp3) is 0.385. The van der Waals surface area contributed by atoms with E-state index in [0.29, 0.717) is 24.0 Å². The molecule has 0 atom stereocenters. The lowest BCUT2D eigenvalue weighted by molar-refractivity contribution is 0.394. The Hall–Kier alpha value is -2.08. The summed E-state index contributed by atoms with van der Waals surface area (Å²) in [6.45, 7) is 0.793. The number of hydrogen-bond donors (Lipinski definition) is 1. The number of benzene rings is 1. The Kier molecular flexibility index (Phi) is 4.35. The van der Waals surface area contributed by atoms with Gasteiger partial charge in [0.2, 0.25) is 5.89 Å². The highest BCUT2D eigenvalue weighted by atomic mass is 16.5. The predicted molar refractivity (Wildman–Crippen MR) is 70.5 cm³/mol. The van der Waals surface area contributed by atoms with Gasteiger partial charge >= 0.3 is 0 Å². The van der Waals surface area contributed by atoms with E-state index in [-0.39, 0.29) is 0 Å². The number of methoxy groups -OCH3 is 2. The molecule has 6 nitrogen and oxygen atoms in total. The predicted octanol–water partition coefficient (Wildman–Crippen LogP) is 1.52. The molecule has 0 unspecified atom stereocenters. The zero-order valence-corrected chi connectivity index (χ0v) is 11.3. The van der Waals surface area contributed by atoms with Crippen LogP contribution in [0.4, 0.5) is 0 Å². The number of rotatable bonds is 6. The second-order valence-corrected chi connectivity index (χ2v) is 3.92. The van der Waals surface area contributed by atoms with Crippen LogP contribution >= 0.6 is 0 Å². The van der Waals surface area contributed by atoms with Crippen molar-refractivity contribution in [1.29, 1.82) is 0 Å². The highest BCUT2D eigenvalue weighted by Gasteiger charge is 2.14. The maximum atomic E-state index is 5.60. The van der Waals surface area contributed by atoms with Gasteiger partial charge in [0.25, 0.3) is 5.89 Å². The smallest absolute Gasteiger partial charge is 0.251 e. The van der Waals surface area contributed by atoms with Crippen LogP contribution in [0.5, 0.6) is 11.5 Å². The second-order valence-electron chi connectivity index (χ2n) is 3.92. The molecule has 0 spiro atoms. The van der Waals surface area contributed by atoms with Crippen molar-refractivity contribution in [3.05, 3.63) is 24.1 Å². The van der Waals surface area contributed by atoms with Crippen molar-refractivity contribution in [3.63, 3.8) is 0 Å². The average Bonchev–Trinajstić information content (AvgIpc) is 2.92. The molecule has 1 aromatic heterocycles. The van der Waals surface area contributed by atoms with Crippen molar-refractivity contribution >= 4 is 0 Å². The SMILES string of the molecule is CNCCc1nnc(-c2ccc(OC)cc2OC)o1. The molecule has 0 aliphatic heterocycles. The van der Waals surface area contributed by atoms with Gasteiger partial charge in [0.05, 0.1) is 19.8 Å². The van der Waals surface area contributed by atoms with E-state index in [1.807, 2.05) is 19.2 Å². The van der Waals surface area contributed by atoms with E-state index in [4.69, 9.17) is 13.9 Å². The maximum Gasteiger partial charge on any atom is 0.251 e. The first-order valence-corrected chi connectivity index (χ1v) is 5.98. The Morgan fingerprint density at radius 3 is 2.74 bits per heavy atom. The zero-order chi connectivity index (χ0) is 13.7. The first-order chi connectivity index (χ1) is 9.28. The van der Waals surface area contributed by atoms with E-state index < -0.39 is 0 Å². The highest BCUT2D eigenvalue weighted by molar-refractivity contribution is 5.64. The molecule has 19 heavy (non-hydrogen) atoms. The maximum absolute atomic E-state index is 5.60. The summed E-state index contributed by atoms with van der Waals surface area (Å²) in [5.41, 5.74) is 0.756.